The van der Waals surface area contributed by atoms with E-state index < -0.39 is 0 Å². The van der Waals surface area contributed by atoms with Gasteiger partial charge in [0.05, 0.1) is 0 Å². The number of rotatable bonds is 2. The second kappa shape index (κ2) is 7.14. The Morgan fingerprint density at radius 1 is 1.13 bits per heavy atom. The lowest BCUT2D eigenvalue weighted by molar-refractivity contribution is -0.117. The van der Waals surface area contributed by atoms with Crippen molar-refractivity contribution >= 4 is 11.6 Å². The lowest BCUT2D eigenvalue weighted by atomic mass is 10.2. The number of hydrogen-bond donors (Lipinski definition) is 1. The summed E-state index contributed by atoms with van der Waals surface area (Å²) in [5, 5.41) is 2.75. The Hall–Kier alpha value is -3.26. The molecule has 0 saturated heterocycles. The Morgan fingerprint density at radius 2 is 2.09 bits per heavy atom. The average Bonchev–Trinajstić information content (AvgIpc) is 2.62. The highest BCUT2D eigenvalue weighted by molar-refractivity contribution is 6.02. The maximum atomic E-state index is 12.0. The molecule has 2 heterocycles. The molecule has 23 heavy (non-hydrogen) atoms. The summed E-state index contributed by atoms with van der Waals surface area (Å²) >= 11 is 0. The van der Waals surface area contributed by atoms with E-state index in [4.69, 9.17) is 9.47 Å². The minimum Gasteiger partial charge on any atom is -0.494 e. The molecule has 5 nitrogen and oxygen atoms in total. The number of ether oxygens (including phenoxy) is 2. The van der Waals surface area contributed by atoms with E-state index >= 15 is 0 Å². The molecule has 0 spiro atoms. The van der Waals surface area contributed by atoms with Crippen molar-refractivity contribution < 1.29 is 14.3 Å². The number of carbonyl (C=O) groups is 1. The predicted molar refractivity (Wildman–Crippen MR) is 85.3 cm³/mol. The Morgan fingerprint density at radius 3 is 2.87 bits per heavy atom. The van der Waals surface area contributed by atoms with E-state index in [1.165, 1.54) is 6.26 Å². The van der Waals surface area contributed by atoms with Crippen LogP contribution in [0.4, 0.5) is 5.69 Å². The van der Waals surface area contributed by atoms with Crippen LogP contribution in [0.1, 0.15) is 11.3 Å². The fourth-order valence-electron chi connectivity index (χ4n) is 1.93. The van der Waals surface area contributed by atoms with Crippen LogP contribution in [0.3, 0.4) is 0 Å². The van der Waals surface area contributed by atoms with Gasteiger partial charge in [-0.2, -0.15) is 0 Å². The molecule has 1 aliphatic rings. The molecule has 0 aliphatic carbocycles. The van der Waals surface area contributed by atoms with Gasteiger partial charge in [0.15, 0.2) is 0 Å². The summed E-state index contributed by atoms with van der Waals surface area (Å²) in [5.41, 5.74) is 2.11. The topological polar surface area (TPSA) is 60.5 Å². The monoisotopic (exact) mass is 306 g/mol. The van der Waals surface area contributed by atoms with E-state index in [1.807, 2.05) is 30.3 Å². The minimum absolute atomic E-state index is 0.168. The van der Waals surface area contributed by atoms with Crippen LogP contribution in [0.5, 0.6) is 0 Å². The van der Waals surface area contributed by atoms with Gasteiger partial charge < -0.3 is 14.8 Å². The van der Waals surface area contributed by atoms with E-state index in [0.29, 0.717) is 24.6 Å². The van der Waals surface area contributed by atoms with Crippen LogP contribution < -0.4 is 5.32 Å². The molecule has 1 N–H and O–H groups in total. The molecule has 0 unspecified atom stereocenters. The van der Waals surface area contributed by atoms with Crippen molar-refractivity contribution in [2.24, 2.45) is 0 Å². The summed E-state index contributed by atoms with van der Waals surface area (Å²) < 4.78 is 10.3. The van der Waals surface area contributed by atoms with Crippen LogP contribution in [0.15, 0.2) is 60.7 Å². The Bertz CT molecular complexity index is 789. The first-order chi connectivity index (χ1) is 11.3. The Kier molecular flexibility index (Phi) is 4.55. The number of anilines is 1. The van der Waals surface area contributed by atoms with Crippen molar-refractivity contribution in [1.82, 2.24) is 4.98 Å². The summed E-state index contributed by atoms with van der Waals surface area (Å²) in [6.07, 6.45) is 3.02. The second-order valence-electron chi connectivity index (χ2n) is 4.70. The number of nitrogens with one attached hydrogen (secondary N) is 1. The lowest BCUT2D eigenvalue weighted by Crippen LogP contribution is -2.21. The average molecular weight is 306 g/mol. The van der Waals surface area contributed by atoms with Gasteiger partial charge in [0.25, 0.3) is 5.91 Å². The molecule has 0 atom stereocenters. The van der Waals surface area contributed by atoms with Gasteiger partial charge in [-0.1, -0.05) is 18.1 Å². The standard InChI is InChI=1S/C18H14N2O3/c21-18(17-13-22-10-11-23-17)20-16-6-3-4-14(12-16)7-8-15-5-1-2-9-19-15/h1-6,9,12-13H,10-11H2,(H,20,21). The summed E-state index contributed by atoms with van der Waals surface area (Å²) in [5.74, 6) is 5.81. The van der Waals surface area contributed by atoms with Crippen molar-refractivity contribution in [2.75, 3.05) is 18.5 Å². The van der Waals surface area contributed by atoms with E-state index in [-0.39, 0.29) is 11.7 Å². The number of benzene rings is 1. The van der Waals surface area contributed by atoms with Crippen LogP contribution in [0.25, 0.3) is 0 Å². The first-order valence-electron chi connectivity index (χ1n) is 7.10. The number of carbonyl (C=O) groups excluding carboxylic acids is 1. The zero-order chi connectivity index (χ0) is 15.9. The molecule has 5 heteroatoms. The molecule has 114 valence electrons. The largest absolute Gasteiger partial charge is 0.494 e. The molecule has 0 radical (unpaired) electrons. The van der Waals surface area contributed by atoms with Gasteiger partial charge in [0, 0.05) is 17.4 Å². The first-order valence-corrected chi connectivity index (χ1v) is 7.10. The van der Waals surface area contributed by atoms with Crippen molar-refractivity contribution in [2.45, 2.75) is 0 Å². The van der Waals surface area contributed by atoms with Gasteiger partial charge in [-0.25, -0.2) is 4.98 Å². The van der Waals surface area contributed by atoms with Crippen molar-refractivity contribution in [3.8, 4) is 11.8 Å². The molecule has 1 aliphatic heterocycles. The lowest BCUT2D eigenvalue weighted by Gasteiger charge is -2.15. The SMILES string of the molecule is O=C(Nc1cccc(C#Cc2ccccn2)c1)C1=COCCO1. The highest BCUT2D eigenvalue weighted by Crippen LogP contribution is 2.13. The van der Waals surface area contributed by atoms with Crippen molar-refractivity contribution in [1.29, 1.82) is 0 Å². The predicted octanol–water partition coefficient (Wildman–Crippen LogP) is 2.31. The van der Waals surface area contributed by atoms with Crippen molar-refractivity contribution in [3.05, 3.63) is 71.9 Å². The number of nitrogens with zero attached hydrogens (tertiary/aromatic N) is 1. The quantitative estimate of drug-likeness (QED) is 0.865. The summed E-state index contributed by atoms with van der Waals surface area (Å²) in [7, 11) is 0. The first kappa shape index (κ1) is 14.7. The van der Waals surface area contributed by atoms with Gasteiger partial charge in [0.1, 0.15) is 25.2 Å². The van der Waals surface area contributed by atoms with Gasteiger partial charge in [0.2, 0.25) is 5.76 Å². The molecule has 2 aromatic rings. The van der Waals surface area contributed by atoms with Crippen LogP contribution >= 0.6 is 0 Å². The van der Waals surface area contributed by atoms with E-state index in [9.17, 15) is 4.79 Å². The number of aromatic nitrogens is 1. The van der Waals surface area contributed by atoms with Crippen LogP contribution in [-0.4, -0.2) is 24.1 Å². The Labute approximate surface area is 134 Å². The molecule has 3 rings (SSSR count). The molecule has 1 aromatic carbocycles. The maximum Gasteiger partial charge on any atom is 0.294 e. The number of hydrogen-bond acceptors (Lipinski definition) is 4. The van der Waals surface area contributed by atoms with Gasteiger partial charge in [-0.3, -0.25) is 4.79 Å². The molecule has 1 aromatic heterocycles. The van der Waals surface area contributed by atoms with Gasteiger partial charge in [-0.05, 0) is 36.3 Å². The summed E-state index contributed by atoms with van der Waals surface area (Å²) in [6, 6.07) is 12.8. The molecule has 0 saturated carbocycles. The van der Waals surface area contributed by atoms with Crippen LogP contribution in [0, 0.1) is 11.8 Å². The zero-order valence-electron chi connectivity index (χ0n) is 12.3. The highest BCUT2D eigenvalue weighted by atomic mass is 16.6. The zero-order valence-corrected chi connectivity index (χ0v) is 12.3. The number of amides is 1. The van der Waals surface area contributed by atoms with E-state index in [2.05, 4.69) is 22.1 Å². The molecule has 0 bridgehead atoms. The molecule has 1 amide bonds. The second-order valence-corrected chi connectivity index (χ2v) is 4.70. The Balaban J connectivity index is 1.71. The third-order valence-electron chi connectivity index (χ3n) is 2.99. The van der Waals surface area contributed by atoms with Gasteiger partial charge >= 0.3 is 0 Å². The van der Waals surface area contributed by atoms with E-state index in [1.54, 1.807) is 18.3 Å². The minimum atomic E-state index is -0.348. The third kappa shape index (κ3) is 4.11. The third-order valence-corrected chi connectivity index (χ3v) is 2.99. The normalized spacial score (nSPS) is 12.8. The van der Waals surface area contributed by atoms with Crippen molar-refractivity contribution in [3.63, 3.8) is 0 Å². The van der Waals surface area contributed by atoms with E-state index in [0.717, 1.165) is 5.56 Å². The molecular formula is C18H14N2O3. The van der Waals surface area contributed by atoms with Crippen LogP contribution in [-0.2, 0) is 14.3 Å². The maximum absolute atomic E-state index is 12.0. The smallest absolute Gasteiger partial charge is 0.294 e. The summed E-state index contributed by atoms with van der Waals surface area (Å²) in [4.78, 5) is 16.2. The highest BCUT2D eigenvalue weighted by Gasteiger charge is 2.14. The number of pyridine rings is 1. The fourth-order valence-corrected chi connectivity index (χ4v) is 1.93. The molecule has 0 fully saturated rings. The van der Waals surface area contributed by atoms with Crippen LogP contribution in [0.2, 0.25) is 0 Å². The molecular weight excluding hydrogens is 292 g/mol. The fraction of sp³-hybridized carbons (Fsp3) is 0.111. The van der Waals surface area contributed by atoms with Gasteiger partial charge in [-0.15, -0.1) is 0 Å². The summed E-state index contributed by atoms with van der Waals surface area (Å²) in [6.45, 7) is 0.824.